The molecule has 5 nitrogen and oxygen atoms in total. The fraction of sp³-hybridized carbons (Fsp3) is 0.120. The molecule has 0 atom stereocenters. The van der Waals surface area contributed by atoms with E-state index in [1.165, 1.54) is 13.2 Å². The summed E-state index contributed by atoms with van der Waals surface area (Å²) in [4.78, 5) is 12.5. The molecule has 0 spiro atoms. The molecule has 0 unspecified atom stereocenters. The highest BCUT2D eigenvalue weighted by Gasteiger charge is 2.33. The van der Waals surface area contributed by atoms with Crippen molar-refractivity contribution in [2.75, 3.05) is 12.4 Å². The molecule has 3 aromatic carbocycles. The average molecular weight is 529 g/mol. The van der Waals surface area contributed by atoms with Gasteiger partial charge in [0.25, 0.3) is 5.91 Å². The maximum Gasteiger partial charge on any atom is 0.416 e. The number of nitrogens with one attached hydrogen (secondary N) is 1. The predicted octanol–water partition coefficient (Wildman–Crippen LogP) is 6.42. The number of alkyl halides is 3. The van der Waals surface area contributed by atoms with Crippen LogP contribution in [0.15, 0.2) is 59.1 Å². The van der Waals surface area contributed by atoms with E-state index in [4.69, 9.17) is 9.47 Å². The summed E-state index contributed by atoms with van der Waals surface area (Å²) in [6.07, 6.45) is -2.94. The number of methoxy groups -OCH3 is 1. The zero-order valence-corrected chi connectivity index (χ0v) is 19.3. The molecule has 1 amide bonds. The molecule has 1 heterocycles. The summed E-state index contributed by atoms with van der Waals surface area (Å²) in [5, 5.41) is 11.7. The molecule has 3 aromatic rings. The maximum absolute atomic E-state index is 13.0. The van der Waals surface area contributed by atoms with Crippen LogP contribution in [0, 0.1) is 11.3 Å². The van der Waals surface area contributed by atoms with Gasteiger partial charge in [-0.3, -0.25) is 4.79 Å². The summed E-state index contributed by atoms with van der Waals surface area (Å²) < 4.78 is 50.9. The highest BCUT2D eigenvalue weighted by molar-refractivity contribution is 9.10. The molecule has 0 bridgehead atoms. The minimum absolute atomic E-state index is 0.102. The zero-order chi connectivity index (χ0) is 24.5. The van der Waals surface area contributed by atoms with Gasteiger partial charge in [0, 0.05) is 26.9 Å². The number of hydrogen-bond donors (Lipinski definition) is 1. The first-order chi connectivity index (χ1) is 16.2. The Morgan fingerprint density at radius 2 is 1.88 bits per heavy atom. The third-order valence-corrected chi connectivity index (χ3v) is 5.92. The summed E-state index contributed by atoms with van der Waals surface area (Å²) in [5.74, 6) is 0.291. The second-order valence-electron chi connectivity index (χ2n) is 7.35. The molecule has 172 valence electrons. The molecule has 9 heteroatoms. The van der Waals surface area contributed by atoms with Crippen molar-refractivity contribution in [2.45, 2.75) is 12.8 Å². The Labute approximate surface area is 201 Å². The highest BCUT2D eigenvalue weighted by Crippen LogP contribution is 2.40. The quantitative estimate of drug-likeness (QED) is 0.388. The van der Waals surface area contributed by atoms with Crippen molar-refractivity contribution >= 4 is 39.2 Å². The molecule has 0 fully saturated rings. The largest absolute Gasteiger partial charge is 0.493 e. The van der Waals surface area contributed by atoms with E-state index < -0.39 is 17.6 Å². The van der Waals surface area contributed by atoms with Gasteiger partial charge in [-0.2, -0.15) is 18.4 Å². The topological polar surface area (TPSA) is 71.3 Å². The van der Waals surface area contributed by atoms with Crippen LogP contribution in [0.1, 0.15) is 27.8 Å². The smallest absolute Gasteiger partial charge is 0.416 e. The van der Waals surface area contributed by atoms with E-state index in [0.717, 1.165) is 12.1 Å². The molecule has 0 radical (unpaired) electrons. The van der Waals surface area contributed by atoms with Gasteiger partial charge < -0.3 is 14.8 Å². The lowest BCUT2D eigenvalue weighted by Crippen LogP contribution is -2.06. The van der Waals surface area contributed by atoms with E-state index in [0.29, 0.717) is 38.2 Å². The van der Waals surface area contributed by atoms with E-state index in [2.05, 4.69) is 27.3 Å². The molecule has 4 rings (SSSR count). The fourth-order valence-corrected chi connectivity index (χ4v) is 3.95. The van der Waals surface area contributed by atoms with E-state index in [1.807, 2.05) is 6.07 Å². The van der Waals surface area contributed by atoms with Crippen molar-refractivity contribution in [1.82, 2.24) is 0 Å². The van der Waals surface area contributed by atoms with Crippen LogP contribution in [0.4, 0.5) is 18.9 Å². The minimum Gasteiger partial charge on any atom is -0.493 e. The Kier molecular flexibility index (Phi) is 6.35. The Morgan fingerprint density at radius 1 is 1.12 bits per heavy atom. The number of carbonyl (C=O) groups excluding carboxylic acids is 1. The molecule has 1 aliphatic heterocycles. The number of benzene rings is 3. The number of fused-ring (bicyclic) bond motifs is 1. The van der Waals surface area contributed by atoms with Gasteiger partial charge in [-0.05, 0) is 42.0 Å². The second kappa shape index (κ2) is 9.23. The fourth-order valence-electron chi connectivity index (χ4n) is 3.51. The normalized spacial score (nSPS) is 13.9. The number of anilines is 1. The standard InChI is InChI=1S/C25H16BrF3N2O3/c1-33-22-9-16(20(26)11-23(22)34-13-15-5-3-2-4-14(15)12-30)8-19-18-7-6-17(25(27,28)29)10-21(18)31-24(19)32/h2-11H,13H2,1H3,(H,31,32)/b19-8-. The number of ether oxygens (including phenoxy) is 2. The van der Waals surface area contributed by atoms with Crippen molar-refractivity contribution in [1.29, 1.82) is 5.26 Å². The Morgan fingerprint density at radius 3 is 2.59 bits per heavy atom. The van der Waals surface area contributed by atoms with Crippen molar-refractivity contribution in [3.63, 3.8) is 0 Å². The molecule has 34 heavy (non-hydrogen) atoms. The molecular weight excluding hydrogens is 513 g/mol. The lowest BCUT2D eigenvalue weighted by Gasteiger charge is -2.14. The Balaban J connectivity index is 1.65. The Hall–Kier alpha value is -3.77. The number of nitriles is 1. The summed E-state index contributed by atoms with van der Waals surface area (Å²) in [5.41, 5.74) is 1.65. The molecule has 0 saturated carbocycles. The van der Waals surface area contributed by atoms with Gasteiger partial charge in [0.1, 0.15) is 6.61 Å². The molecule has 0 saturated heterocycles. The van der Waals surface area contributed by atoms with E-state index in [1.54, 1.807) is 36.4 Å². The number of halogens is 4. The Bertz CT molecular complexity index is 1360. The minimum atomic E-state index is -4.51. The van der Waals surface area contributed by atoms with Crippen LogP contribution in [-0.4, -0.2) is 13.0 Å². The number of rotatable bonds is 5. The summed E-state index contributed by atoms with van der Waals surface area (Å²) in [6, 6.07) is 15.6. The summed E-state index contributed by atoms with van der Waals surface area (Å²) in [6.45, 7) is 0.143. The molecule has 1 N–H and O–H groups in total. The van der Waals surface area contributed by atoms with Crippen molar-refractivity contribution in [2.24, 2.45) is 0 Å². The maximum atomic E-state index is 13.0. The summed E-state index contributed by atoms with van der Waals surface area (Å²) in [7, 11) is 1.46. The lowest BCUT2D eigenvalue weighted by molar-refractivity contribution is -0.137. The highest BCUT2D eigenvalue weighted by atomic mass is 79.9. The third-order valence-electron chi connectivity index (χ3n) is 5.23. The lowest BCUT2D eigenvalue weighted by atomic mass is 10.0. The summed E-state index contributed by atoms with van der Waals surface area (Å²) >= 11 is 3.46. The number of carbonyl (C=O) groups is 1. The van der Waals surface area contributed by atoms with E-state index >= 15 is 0 Å². The van der Waals surface area contributed by atoms with Gasteiger partial charge in [-0.25, -0.2) is 0 Å². The third kappa shape index (κ3) is 4.63. The van der Waals surface area contributed by atoms with Gasteiger partial charge >= 0.3 is 6.18 Å². The first-order valence-electron chi connectivity index (χ1n) is 9.94. The van der Waals surface area contributed by atoms with Gasteiger partial charge in [0.2, 0.25) is 0 Å². The van der Waals surface area contributed by atoms with Crippen molar-refractivity contribution in [3.8, 4) is 17.6 Å². The van der Waals surface area contributed by atoms with Crippen LogP contribution in [0.3, 0.4) is 0 Å². The SMILES string of the molecule is COc1cc(/C=C2\C(=O)Nc3cc(C(F)(F)F)ccc32)c(Br)cc1OCc1ccccc1C#N. The predicted molar refractivity (Wildman–Crippen MR) is 124 cm³/mol. The number of nitrogens with zero attached hydrogens (tertiary/aromatic N) is 1. The van der Waals surface area contributed by atoms with Crippen LogP contribution in [0.25, 0.3) is 11.6 Å². The molecular formula is C25H16BrF3N2O3. The van der Waals surface area contributed by atoms with E-state index in [-0.39, 0.29) is 17.9 Å². The van der Waals surface area contributed by atoms with Crippen LogP contribution in [-0.2, 0) is 17.6 Å². The first kappa shape index (κ1) is 23.4. The van der Waals surface area contributed by atoms with Gasteiger partial charge in [0.05, 0.1) is 24.3 Å². The van der Waals surface area contributed by atoms with Crippen LogP contribution in [0.2, 0.25) is 0 Å². The van der Waals surface area contributed by atoms with Gasteiger partial charge in [-0.15, -0.1) is 0 Å². The zero-order valence-electron chi connectivity index (χ0n) is 17.7. The van der Waals surface area contributed by atoms with Gasteiger partial charge in [0.15, 0.2) is 11.5 Å². The van der Waals surface area contributed by atoms with Crippen LogP contribution < -0.4 is 14.8 Å². The van der Waals surface area contributed by atoms with Crippen molar-refractivity contribution < 1.29 is 27.4 Å². The second-order valence-corrected chi connectivity index (χ2v) is 8.21. The van der Waals surface area contributed by atoms with E-state index in [9.17, 15) is 23.2 Å². The van der Waals surface area contributed by atoms with Crippen molar-refractivity contribution in [3.05, 3.63) is 86.9 Å². The van der Waals surface area contributed by atoms with Crippen LogP contribution in [0.5, 0.6) is 11.5 Å². The molecule has 0 aliphatic carbocycles. The monoisotopic (exact) mass is 528 g/mol. The molecule has 1 aliphatic rings. The number of amides is 1. The molecule has 0 aromatic heterocycles. The van der Waals surface area contributed by atoms with Gasteiger partial charge in [-0.1, -0.05) is 40.2 Å². The average Bonchev–Trinajstić information content (AvgIpc) is 3.12. The number of hydrogen-bond acceptors (Lipinski definition) is 4. The first-order valence-corrected chi connectivity index (χ1v) is 10.7. The van der Waals surface area contributed by atoms with Crippen LogP contribution >= 0.6 is 15.9 Å².